The van der Waals surface area contributed by atoms with E-state index in [0.717, 1.165) is 45.6 Å². The Hall–Kier alpha value is -2.17. The van der Waals surface area contributed by atoms with Crippen molar-refractivity contribution in [2.75, 3.05) is 32.7 Å². The van der Waals surface area contributed by atoms with E-state index in [0.29, 0.717) is 6.54 Å². The normalized spacial score (nSPS) is 20.5. The van der Waals surface area contributed by atoms with Crippen LogP contribution < -0.4 is 15.1 Å². The second kappa shape index (κ2) is 10.4. The van der Waals surface area contributed by atoms with E-state index in [1.165, 1.54) is 21.6 Å². The number of nitrogens with one attached hydrogen (secondary N) is 3. The van der Waals surface area contributed by atoms with Crippen LogP contribution >= 0.6 is 0 Å². The maximum absolute atomic E-state index is 12.4. The van der Waals surface area contributed by atoms with Crippen LogP contribution in [0.25, 0.3) is 0 Å². The number of amides is 1. The predicted octanol–water partition coefficient (Wildman–Crippen LogP) is 0.416. The van der Waals surface area contributed by atoms with Gasteiger partial charge in [-0.15, -0.1) is 0 Å². The van der Waals surface area contributed by atoms with E-state index >= 15 is 0 Å². The van der Waals surface area contributed by atoms with Crippen LogP contribution in [0.4, 0.5) is 0 Å². The molecule has 0 aliphatic carbocycles. The number of carbonyl (C=O) groups is 1. The molecule has 28 heavy (non-hydrogen) atoms. The van der Waals surface area contributed by atoms with Gasteiger partial charge in [0.1, 0.15) is 32.7 Å². The zero-order valence-electron chi connectivity index (χ0n) is 17.3. The van der Waals surface area contributed by atoms with E-state index in [1.807, 2.05) is 6.07 Å². The van der Waals surface area contributed by atoms with Gasteiger partial charge in [-0.05, 0) is 37.8 Å². The first-order valence-electron chi connectivity index (χ1n) is 10.6. The summed E-state index contributed by atoms with van der Waals surface area (Å²) in [5, 5.41) is 3.19. The number of aryl methyl sites for hydroxylation is 2. The summed E-state index contributed by atoms with van der Waals surface area (Å²) in [6, 6.07) is 19.4. The summed E-state index contributed by atoms with van der Waals surface area (Å²) in [4.78, 5) is 15.5. The Kier molecular flexibility index (Phi) is 7.63. The average molecular weight is 382 g/mol. The van der Waals surface area contributed by atoms with Gasteiger partial charge < -0.3 is 15.1 Å². The third-order valence-corrected chi connectivity index (χ3v) is 5.89. The van der Waals surface area contributed by atoms with Gasteiger partial charge in [-0.25, -0.2) is 0 Å². The van der Waals surface area contributed by atoms with Crippen molar-refractivity contribution < 1.29 is 14.6 Å². The minimum atomic E-state index is 0.193. The molecule has 1 saturated heterocycles. The predicted molar refractivity (Wildman–Crippen MR) is 114 cm³/mol. The number of piperazine rings is 1. The molecular weight excluding hydrogens is 346 g/mol. The molecule has 0 saturated carbocycles. The third kappa shape index (κ3) is 6.47. The first-order valence-corrected chi connectivity index (χ1v) is 10.6. The van der Waals surface area contributed by atoms with Crippen molar-refractivity contribution in [2.45, 2.75) is 39.3 Å². The molecule has 1 amide bonds. The second-order valence-corrected chi connectivity index (χ2v) is 8.27. The summed E-state index contributed by atoms with van der Waals surface area (Å²) >= 11 is 0. The van der Waals surface area contributed by atoms with Crippen LogP contribution in [0.1, 0.15) is 30.0 Å². The molecule has 1 aliphatic rings. The molecule has 150 valence electrons. The van der Waals surface area contributed by atoms with Gasteiger partial charge in [0.25, 0.3) is 5.91 Å². The van der Waals surface area contributed by atoms with E-state index in [9.17, 15) is 4.79 Å². The lowest BCUT2D eigenvalue weighted by Gasteiger charge is -2.30. The number of benzene rings is 2. The van der Waals surface area contributed by atoms with Crippen LogP contribution in [-0.2, 0) is 17.8 Å². The molecule has 0 spiro atoms. The molecule has 1 fully saturated rings. The minimum Gasteiger partial charge on any atom is -0.349 e. The highest BCUT2D eigenvalue weighted by atomic mass is 16.2. The molecule has 2 aromatic carbocycles. The molecule has 1 atom stereocenters. The molecule has 1 heterocycles. The van der Waals surface area contributed by atoms with Crippen molar-refractivity contribution in [3.63, 3.8) is 0 Å². The fraction of sp³-hybridized carbons (Fsp3) is 0.458. The lowest BCUT2D eigenvalue weighted by Crippen LogP contribution is -3.28. The lowest BCUT2D eigenvalue weighted by atomic mass is 10.1. The van der Waals surface area contributed by atoms with Crippen molar-refractivity contribution in [3.8, 4) is 0 Å². The Balaban J connectivity index is 1.35. The van der Waals surface area contributed by atoms with Gasteiger partial charge in [0.05, 0.1) is 0 Å². The number of carbonyl (C=O) groups excluding carboxylic acids is 1. The molecule has 0 aromatic heterocycles. The van der Waals surface area contributed by atoms with Crippen LogP contribution in [0, 0.1) is 6.92 Å². The summed E-state index contributed by atoms with van der Waals surface area (Å²) < 4.78 is 0. The molecule has 1 aliphatic heterocycles. The quantitative estimate of drug-likeness (QED) is 0.609. The molecular formula is C24H35N3O+2. The smallest absolute Gasteiger partial charge is 0.275 e. The molecule has 0 unspecified atom stereocenters. The first-order chi connectivity index (χ1) is 13.6. The van der Waals surface area contributed by atoms with Crippen LogP contribution in [0.3, 0.4) is 0 Å². The average Bonchev–Trinajstić information content (AvgIpc) is 2.70. The highest BCUT2D eigenvalue weighted by molar-refractivity contribution is 5.77. The Morgan fingerprint density at radius 2 is 1.61 bits per heavy atom. The van der Waals surface area contributed by atoms with Crippen molar-refractivity contribution in [3.05, 3.63) is 71.3 Å². The van der Waals surface area contributed by atoms with Gasteiger partial charge in [-0.1, -0.05) is 54.6 Å². The van der Waals surface area contributed by atoms with E-state index in [4.69, 9.17) is 0 Å². The minimum absolute atomic E-state index is 0.193. The Morgan fingerprint density at radius 3 is 2.32 bits per heavy atom. The molecule has 4 heteroatoms. The monoisotopic (exact) mass is 381 g/mol. The molecule has 0 radical (unpaired) electrons. The number of rotatable bonds is 8. The fourth-order valence-corrected chi connectivity index (χ4v) is 4.04. The van der Waals surface area contributed by atoms with Gasteiger partial charge in [0, 0.05) is 11.6 Å². The maximum Gasteiger partial charge on any atom is 0.275 e. The standard InChI is InChI=1S/C24H33N3O/c1-20-8-6-7-11-23(20)18-26-14-16-27(17-15-26)19-24(28)25-21(2)12-13-22-9-4-3-5-10-22/h3-11,21H,12-19H2,1-2H3,(H,25,28)/p+2/t21-/m1/s1. The van der Waals surface area contributed by atoms with Crippen LogP contribution in [0.15, 0.2) is 54.6 Å². The van der Waals surface area contributed by atoms with Gasteiger partial charge in [0.15, 0.2) is 6.54 Å². The summed E-state index contributed by atoms with van der Waals surface area (Å²) in [7, 11) is 0. The van der Waals surface area contributed by atoms with E-state index < -0.39 is 0 Å². The molecule has 0 bridgehead atoms. The zero-order chi connectivity index (χ0) is 19.8. The second-order valence-electron chi connectivity index (χ2n) is 8.27. The van der Waals surface area contributed by atoms with E-state index in [1.54, 1.807) is 4.90 Å². The van der Waals surface area contributed by atoms with Crippen LogP contribution in [-0.4, -0.2) is 44.7 Å². The number of quaternary nitrogens is 2. The highest BCUT2D eigenvalue weighted by Gasteiger charge is 2.25. The molecule has 3 rings (SSSR count). The zero-order valence-corrected chi connectivity index (χ0v) is 17.3. The van der Waals surface area contributed by atoms with E-state index in [-0.39, 0.29) is 11.9 Å². The summed E-state index contributed by atoms with van der Waals surface area (Å²) in [5.41, 5.74) is 4.17. The summed E-state index contributed by atoms with van der Waals surface area (Å²) in [5.74, 6) is 0.193. The highest BCUT2D eigenvalue weighted by Crippen LogP contribution is 2.05. The topological polar surface area (TPSA) is 38.0 Å². The first kappa shape index (κ1) is 20.6. The lowest BCUT2D eigenvalue weighted by molar-refractivity contribution is -1.02. The van der Waals surface area contributed by atoms with E-state index in [2.05, 4.69) is 67.7 Å². The fourth-order valence-electron chi connectivity index (χ4n) is 4.04. The Labute approximate surface area is 169 Å². The number of hydrogen-bond donors (Lipinski definition) is 3. The van der Waals surface area contributed by atoms with Crippen molar-refractivity contribution in [2.24, 2.45) is 0 Å². The Morgan fingerprint density at radius 1 is 0.964 bits per heavy atom. The van der Waals surface area contributed by atoms with Crippen molar-refractivity contribution in [1.29, 1.82) is 0 Å². The molecule has 3 N–H and O–H groups in total. The largest absolute Gasteiger partial charge is 0.349 e. The van der Waals surface area contributed by atoms with Crippen LogP contribution in [0.5, 0.6) is 0 Å². The Bertz CT molecular complexity index is 739. The number of hydrogen-bond acceptors (Lipinski definition) is 1. The van der Waals surface area contributed by atoms with Gasteiger partial charge in [0.2, 0.25) is 0 Å². The van der Waals surface area contributed by atoms with Crippen LogP contribution in [0.2, 0.25) is 0 Å². The summed E-state index contributed by atoms with van der Waals surface area (Å²) in [6.07, 6.45) is 2.00. The molecule has 4 nitrogen and oxygen atoms in total. The summed E-state index contributed by atoms with van der Waals surface area (Å²) in [6.45, 7) is 10.4. The third-order valence-electron chi connectivity index (χ3n) is 5.89. The van der Waals surface area contributed by atoms with Crippen molar-refractivity contribution in [1.82, 2.24) is 5.32 Å². The van der Waals surface area contributed by atoms with Crippen molar-refractivity contribution >= 4 is 5.91 Å². The maximum atomic E-state index is 12.4. The van der Waals surface area contributed by atoms with Gasteiger partial charge in [-0.3, -0.25) is 4.79 Å². The molecule has 2 aromatic rings. The SMILES string of the molecule is Cc1ccccc1C[NH+]1CC[NH+](CC(=O)N[C@H](C)CCc2ccccc2)CC1. The van der Waals surface area contributed by atoms with Gasteiger partial charge in [-0.2, -0.15) is 0 Å². The van der Waals surface area contributed by atoms with Gasteiger partial charge >= 0.3 is 0 Å².